The summed E-state index contributed by atoms with van der Waals surface area (Å²) in [5, 5.41) is 101. The van der Waals surface area contributed by atoms with Gasteiger partial charge in [0.2, 0.25) is 35.3 Å². The number of piperazine rings is 2. The van der Waals surface area contributed by atoms with Gasteiger partial charge in [-0.15, -0.1) is 20.4 Å². The Hall–Kier alpha value is -11.0. The van der Waals surface area contributed by atoms with Gasteiger partial charge in [0, 0.05) is 180 Å². The molecule has 3 aliphatic rings. The summed E-state index contributed by atoms with van der Waals surface area (Å²) in [4.78, 5) is 146. The number of hydrogen-bond donors (Lipinski definition) is 11. The van der Waals surface area contributed by atoms with Gasteiger partial charge in [0.05, 0.1) is 25.2 Å². The molecule has 610 valence electrons. The Bertz CT molecular complexity index is 4310. The summed E-state index contributed by atoms with van der Waals surface area (Å²) in [6.45, 7) is 17.3. The number of phenols is 3. The third-order valence-electron chi connectivity index (χ3n) is 20.5. The van der Waals surface area contributed by atoms with Crippen LogP contribution in [0.3, 0.4) is 0 Å². The van der Waals surface area contributed by atoms with Crippen LogP contribution < -0.4 is 21.3 Å². The van der Waals surface area contributed by atoms with Gasteiger partial charge in [0.15, 0.2) is 11.6 Å². The number of nitrogens with zero attached hydrogens (tertiary/aromatic N) is 14. The second-order valence-electron chi connectivity index (χ2n) is 29.3. The molecule has 2 atom stereocenters. The van der Waals surface area contributed by atoms with Crippen LogP contribution in [-0.4, -0.2) is 320 Å². The highest BCUT2D eigenvalue weighted by atomic mass is 16.4. The Morgan fingerprint density at radius 1 is 0.451 bits per heavy atom. The summed E-state index contributed by atoms with van der Waals surface area (Å²) in [5.41, 5.74) is 6.04. The van der Waals surface area contributed by atoms with Crippen molar-refractivity contribution in [1.29, 1.82) is 0 Å². The quantitative estimate of drug-likeness (QED) is 0.0282. The van der Waals surface area contributed by atoms with Crippen molar-refractivity contribution in [3.63, 3.8) is 0 Å². The Balaban J connectivity index is 0.834. The average molecular weight is 1570 g/mol. The summed E-state index contributed by atoms with van der Waals surface area (Å²) in [6.07, 6.45) is -1.13. The topological polar surface area (TPSA) is 448 Å². The maximum absolute atomic E-state index is 14.8. The van der Waals surface area contributed by atoms with Gasteiger partial charge in [0.25, 0.3) is 11.8 Å². The number of carboxylic acids is 4. The van der Waals surface area contributed by atoms with E-state index >= 15 is 0 Å². The molecule has 113 heavy (non-hydrogen) atoms. The number of carbonyl (C=O) groups excluding carboxylic acids is 6. The van der Waals surface area contributed by atoms with Crippen LogP contribution in [0.4, 0.5) is 0 Å². The standard InChI is InChI=1S/C78H106N18O17/c1-8-79-75(109)73-85-83-71(58-41-56(49(3)4)62(97)40-51(58)7)95(73)54-14-10-53(11-15-54)45-88-32-38-94(39-33-88)77(111)60(82-66(101)21-19-61(78(112)113)92-34-28-90(47-69(105)106)26-24-89(46-68(103)104)25-27-91(29-35-92)48-70(107)108)18-20-65(100)81-23-22-67(102)93-36-30-87(31-37-93)44-52-12-16-55(17-13-52)96-72(84-86-74(96)76(110)80-9-2)59-42-57(50(5)6)63(98)43-64(59)99/h10-17,40-43,49-50,60-61,97-99H,8-9,18-39,44-48H2,1-7H3,(H,79,109)(H,80,110)(H,81,100)(H,82,101)(H,103,104)(H,105,106)(H,107,108)(H,112,113)/t60-,61-/m1/s1. The molecule has 0 unspecified atom stereocenters. The molecule has 35 heteroatoms. The van der Waals surface area contributed by atoms with Gasteiger partial charge in [-0.25, -0.2) is 0 Å². The molecular weight excluding hydrogens is 1460 g/mol. The van der Waals surface area contributed by atoms with E-state index in [1.165, 1.54) is 6.07 Å². The number of aryl methyl sites for hydroxylation is 1. The highest BCUT2D eigenvalue weighted by molar-refractivity contribution is 5.93. The zero-order valence-corrected chi connectivity index (χ0v) is 65.2. The first kappa shape index (κ1) is 86.0. The zero-order chi connectivity index (χ0) is 81.7. The first-order valence-corrected chi connectivity index (χ1v) is 38.4. The minimum absolute atomic E-state index is 0.00321. The monoisotopic (exact) mass is 1570 g/mol. The molecule has 0 saturated carbocycles. The number of rotatable bonds is 33. The normalized spacial score (nSPS) is 16.1. The number of aliphatic carboxylic acids is 4. The maximum Gasteiger partial charge on any atom is 0.320 e. The third-order valence-corrected chi connectivity index (χ3v) is 20.5. The van der Waals surface area contributed by atoms with Crippen molar-refractivity contribution < 1.29 is 83.7 Å². The fourth-order valence-electron chi connectivity index (χ4n) is 14.3. The van der Waals surface area contributed by atoms with Crippen molar-refractivity contribution >= 4 is 59.3 Å². The molecule has 6 aromatic rings. The molecule has 3 saturated heterocycles. The minimum Gasteiger partial charge on any atom is -0.508 e. The molecule has 0 aliphatic carbocycles. The molecule has 6 amide bonds. The second-order valence-corrected chi connectivity index (χ2v) is 29.3. The molecule has 11 N–H and O–H groups in total. The Kier molecular flexibility index (Phi) is 30.8. The smallest absolute Gasteiger partial charge is 0.320 e. The summed E-state index contributed by atoms with van der Waals surface area (Å²) in [6, 6.07) is 18.9. The number of aromatic hydroxyl groups is 3. The lowest BCUT2D eigenvalue weighted by molar-refractivity contribution is -0.145. The van der Waals surface area contributed by atoms with Crippen molar-refractivity contribution in [3.05, 3.63) is 112 Å². The van der Waals surface area contributed by atoms with E-state index in [9.17, 15) is 83.7 Å². The number of hydrogen-bond acceptors (Lipinski definition) is 23. The third kappa shape index (κ3) is 23.6. The fraction of sp³-hybridized carbons (Fsp3) is 0.513. The van der Waals surface area contributed by atoms with Crippen molar-refractivity contribution in [3.8, 4) is 51.4 Å². The number of amides is 6. The molecule has 35 nitrogen and oxygen atoms in total. The lowest BCUT2D eigenvalue weighted by Crippen LogP contribution is -2.55. The molecule has 0 bridgehead atoms. The molecule has 5 heterocycles. The van der Waals surface area contributed by atoms with E-state index in [0.29, 0.717) is 99.3 Å². The number of carboxylic acid groups (broad SMARTS) is 4. The van der Waals surface area contributed by atoms with Gasteiger partial charge >= 0.3 is 23.9 Å². The fourth-order valence-corrected chi connectivity index (χ4v) is 14.3. The molecule has 0 spiro atoms. The van der Waals surface area contributed by atoms with Crippen LogP contribution in [0.5, 0.6) is 17.2 Å². The van der Waals surface area contributed by atoms with Crippen LogP contribution >= 0.6 is 0 Å². The largest absolute Gasteiger partial charge is 0.508 e. The molecule has 4 aromatic carbocycles. The van der Waals surface area contributed by atoms with Crippen LogP contribution in [0.1, 0.15) is 135 Å². The van der Waals surface area contributed by atoms with Crippen molar-refractivity contribution in [2.45, 2.75) is 118 Å². The maximum atomic E-state index is 14.8. The first-order chi connectivity index (χ1) is 54.0. The molecule has 9 rings (SSSR count). The van der Waals surface area contributed by atoms with Gasteiger partial charge in [-0.3, -0.25) is 86.5 Å². The van der Waals surface area contributed by atoms with Gasteiger partial charge in [-0.2, -0.15) is 0 Å². The van der Waals surface area contributed by atoms with E-state index in [2.05, 4.69) is 51.5 Å². The Morgan fingerprint density at radius 2 is 0.867 bits per heavy atom. The summed E-state index contributed by atoms with van der Waals surface area (Å²) in [7, 11) is 0. The first-order valence-electron chi connectivity index (χ1n) is 38.4. The van der Waals surface area contributed by atoms with Crippen LogP contribution in [0.15, 0.2) is 72.8 Å². The van der Waals surface area contributed by atoms with E-state index < -0.39 is 85.0 Å². The lowest BCUT2D eigenvalue weighted by Gasteiger charge is -2.36. The molecule has 3 fully saturated rings. The SMILES string of the molecule is CCNC(=O)c1nnc(-c2cc(C(C)C)c(O)cc2C)n1-c1ccc(CN2CCN(C(=O)[C@@H](CCC(=O)NCCC(=O)N3CCN(Cc4ccc(-n5c(C(=O)NCC)nnc5-c5cc(C(C)C)c(O)cc5O)cc4)CC3)NC(=O)CC[C@H](C(=O)O)N3CCN(CC(=O)O)CCN(CC(=O)O)CCN(CC(=O)O)CC3)CC2)cc1. The van der Waals surface area contributed by atoms with E-state index in [-0.39, 0.29) is 162 Å². The number of phenolic OH excluding ortho intramolecular Hbond substituents is 3. The van der Waals surface area contributed by atoms with E-state index in [4.69, 9.17) is 0 Å². The van der Waals surface area contributed by atoms with Crippen LogP contribution in [0.2, 0.25) is 0 Å². The lowest BCUT2D eigenvalue weighted by atomic mass is 9.96. The zero-order valence-electron chi connectivity index (χ0n) is 65.2. The highest BCUT2D eigenvalue weighted by Crippen LogP contribution is 2.39. The van der Waals surface area contributed by atoms with Crippen molar-refractivity contribution in [1.82, 2.24) is 90.0 Å². The van der Waals surface area contributed by atoms with Crippen molar-refractivity contribution in [2.75, 3.05) is 144 Å². The molecule has 0 radical (unpaired) electrons. The molecular formula is C78H106N18O17. The van der Waals surface area contributed by atoms with Crippen LogP contribution in [0.25, 0.3) is 34.2 Å². The van der Waals surface area contributed by atoms with Gasteiger partial charge in [-0.05, 0) is 116 Å². The van der Waals surface area contributed by atoms with Gasteiger partial charge < -0.3 is 66.8 Å². The van der Waals surface area contributed by atoms with Gasteiger partial charge in [0.1, 0.15) is 29.3 Å². The van der Waals surface area contributed by atoms with Crippen LogP contribution in [0, 0.1) is 6.92 Å². The predicted molar refractivity (Wildman–Crippen MR) is 414 cm³/mol. The van der Waals surface area contributed by atoms with E-state index in [0.717, 1.165) is 16.7 Å². The summed E-state index contributed by atoms with van der Waals surface area (Å²) in [5.74, 6) is -7.05. The summed E-state index contributed by atoms with van der Waals surface area (Å²) >= 11 is 0. The van der Waals surface area contributed by atoms with Crippen molar-refractivity contribution in [2.24, 2.45) is 0 Å². The van der Waals surface area contributed by atoms with E-state index in [1.54, 1.807) is 64.5 Å². The second kappa shape index (κ2) is 40.5. The van der Waals surface area contributed by atoms with Crippen LogP contribution in [-0.2, 0) is 51.4 Å². The van der Waals surface area contributed by atoms with Gasteiger partial charge in [-0.1, -0.05) is 52.0 Å². The van der Waals surface area contributed by atoms with E-state index in [1.807, 2.05) is 89.2 Å². The summed E-state index contributed by atoms with van der Waals surface area (Å²) < 4.78 is 3.25. The minimum atomic E-state index is -1.35. The predicted octanol–water partition coefficient (Wildman–Crippen LogP) is 2.82. The molecule has 3 aliphatic heterocycles. The Labute approximate surface area is 655 Å². The average Bonchev–Trinajstić information content (AvgIpc) is 1.65. The number of aromatic nitrogens is 6. The highest BCUT2D eigenvalue weighted by Gasteiger charge is 2.34. The number of carbonyl (C=O) groups is 10. The molecule has 2 aromatic heterocycles. The number of nitrogens with one attached hydrogen (secondary N) is 4. The number of benzene rings is 4. The Morgan fingerprint density at radius 3 is 1.31 bits per heavy atom.